The van der Waals surface area contributed by atoms with Crippen LogP contribution in [0.1, 0.15) is 28.7 Å². The van der Waals surface area contributed by atoms with E-state index in [1.54, 1.807) is 30.3 Å². The monoisotopic (exact) mass is 381 g/mol. The topological polar surface area (TPSA) is 106 Å². The fraction of sp³-hybridized carbons (Fsp3) is 0.350. The van der Waals surface area contributed by atoms with E-state index < -0.39 is 0 Å². The van der Waals surface area contributed by atoms with E-state index in [0.29, 0.717) is 47.4 Å². The van der Waals surface area contributed by atoms with E-state index in [2.05, 4.69) is 19.9 Å². The molecule has 8 heteroatoms. The number of rotatable bonds is 0. The van der Waals surface area contributed by atoms with Crippen LogP contribution in [0.2, 0.25) is 0 Å². The molecule has 1 amide bonds. The Kier molecular flexibility index (Phi) is 4.64. The number of aromatic amines is 3. The second kappa shape index (κ2) is 7.12. The number of amides is 1. The van der Waals surface area contributed by atoms with E-state index in [9.17, 15) is 9.59 Å². The number of aryl methyl sites for hydroxylation is 1. The van der Waals surface area contributed by atoms with Crippen LogP contribution < -0.4 is 16.3 Å². The lowest BCUT2D eigenvalue weighted by atomic mass is 10.1. The van der Waals surface area contributed by atoms with Gasteiger partial charge < -0.3 is 24.6 Å². The Hall–Kier alpha value is -3.13. The van der Waals surface area contributed by atoms with Crippen molar-refractivity contribution in [3.63, 3.8) is 0 Å². The average Bonchev–Trinajstić information content (AvgIpc) is 3.17. The van der Waals surface area contributed by atoms with Crippen LogP contribution in [-0.4, -0.2) is 58.6 Å². The maximum atomic E-state index is 12.9. The lowest BCUT2D eigenvalue weighted by Crippen LogP contribution is -2.31. The molecular weight excluding hydrogens is 358 g/mol. The number of nitrogens with zero attached hydrogens (tertiary/aromatic N) is 2. The second-order valence-corrected chi connectivity index (χ2v) is 7.22. The second-order valence-electron chi connectivity index (χ2n) is 7.22. The molecule has 8 nitrogen and oxygen atoms in total. The Balaban J connectivity index is 1.98. The molecule has 1 unspecified atom stereocenters. The smallest absolute Gasteiger partial charge is 0.256 e. The first-order valence-corrected chi connectivity index (χ1v) is 9.25. The molecule has 3 aliphatic heterocycles. The van der Waals surface area contributed by atoms with Crippen LogP contribution >= 0.6 is 0 Å². The molecule has 4 rings (SSSR count). The number of pyridine rings is 1. The summed E-state index contributed by atoms with van der Waals surface area (Å²) in [6.45, 7) is 5.19. The van der Waals surface area contributed by atoms with Crippen LogP contribution in [0.5, 0.6) is 0 Å². The predicted molar refractivity (Wildman–Crippen MR) is 105 cm³/mol. The largest absolute Gasteiger partial charge is 0.377 e. The molecule has 4 heterocycles. The van der Waals surface area contributed by atoms with Crippen LogP contribution in [0.3, 0.4) is 0 Å². The Morgan fingerprint density at radius 1 is 1.21 bits per heavy atom. The summed E-state index contributed by atoms with van der Waals surface area (Å²) in [4.78, 5) is 40.9. The van der Waals surface area contributed by atoms with Crippen LogP contribution in [0.15, 0.2) is 28.1 Å². The maximum absolute atomic E-state index is 12.9. The zero-order chi connectivity index (χ0) is 19.8. The quantitative estimate of drug-likeness (QED) is 0.524. The van der Waals surface area contributed by atoms with Gasteiger partial charge in [0.2, 0.25) is 0 Å². The van der Waals surface area contributed by atoms with Crippen molar-refractivity contribution < 1.29 is 9.53 Å². The van der Waals surface area contributed by atoms with E-state index in [1.807, 2.05) is 19.9 Å². The Morgan fingerprint density at radius 2 is 2.04 bits per heavy atom. The number of fused-ring (bicyclic) bond motifs is 2. The first-order valence-electron chi connectivity index (χ1n) is 9.25. The number of ether oxygens (including phenoxy) is 1. The number of likely N-dealkylation sites (N-methyl/N-ethyl adjacent to an activating group) is 1. The number of aromatic nitrogens is 3. The molecule has 0 aromatic carbocycles. The standard InChI is InChI=1S/C20H23N5O3/c1-11-6-15-16(22-11)7-14-13-8-18(21-9-17(13)24-19(14)26)23-12(2)10-28-5-4-25(3)20(15)27/h6-9,12,22H,4-5,10H2,1-3H3,(H,21,23)(H,24,26)/b14-7-. The highest BCUT2D eigenvalue weighted by Crippen LogP contribution is 2.15. The number of carbonyl (C=O) groups excluding carboxylic acids is 1. The van der Waals surface area contributed by atoms with Gasteiger partial charge in [-0.3, -0.25) is 14.6 Å². The van der Waals surface area contributed by atoms with Crippen molar-refractivity contribution in [1.29, 1.82) is 0 Å². The summed E-state index contributed by atoms with van der Waals surface area (Å²) in [5.74, 6) is -0.117. The summed E-state index contributed by atoms with van der Waals surface area (Å²) in [5, 5.41) is 0.498. The Morgan fingerprint density at radius 3 is 2.86 bits per heavy atom. The molecular formula is C20H23N5O3. The predicted octanol–water partition coefficient (Wildman–Crippen LogP) is 0.383. The molecule has 0 saturated carbocycles. The number of hydrogen-bond acceptors (Lipinski definition) is 4. The molecule has 3 aliphatic rings. The number of hydrogen-bond donors (Lipinski definition) is 3. The molecule has 0 radical (unpaired) electrons. The Bertz CT molecular complexity index is 1170. The third-order valence-electron chi connectivity index (χ3n) is 4.86. The highest BCUT2D eigenvalue weighted by Gasteiger charge is 2.19. The molecule has 146 valence electrons. The molecule has 28 heavy (non-hydrogen) atoms. The van der Waals surface area contributed by atoms with Crippen molar-refractivity contribution in [2.24, 2.45) is 4.99 Å². The fourth-order valence-electron chi connectivity index (χ4n) is 3.42. The summed E-state index contributed by atoms with van der Waals surface area (Å²) in [7, 11) is 1.75. The lowest BCUT2D eigenvalue weighted by molar-refractivity contribution is 0.0682. The van der Waals surface area contributed by atoms with Gasteiger partial charge >= 0.3 is 0 Å². The first kappa shape index (κ1) is 18.2. The van der Waals surface area contributed by atoms with Gasteiger partial charge in [0.25, 0.3) is 11.5 Å². The Labute approximate surface area is 161 Å². The number of H-pyrrole nitrogens is 3. The van der Waals surface area contributed by atoms with Crippen molar-refractivity contribution in [2.75, 3.05) is 26.8 Å². The summed E-state index contributed by atoms with van der Waals surface area (Å²) < 4.78 is 5.69. The van der Waals surface area contributed by atoms with E-state index in [4.69, 9.17) is 4.74 Å². The van der Waals surface area contributed by atoms with Gasteiger partial charge in [-0.1, -0.05) is 0 Å². The van der Waals surface area contributed by atoms with Gasteiger partial charge in [0.05, 0.1) is 41.4 Å². The minimum absolute atomic E-state index is 0.0618. The number of carbonyl (C=O) groups is 1. The van der Waals surface area contributed by atoms with E-state index in [-0.39, 0.29) is 17.5 Å². The molecule has 0 saturated heterocycles. The minimum atomic E-state index is -0.208. The molecule has 1 atom stereocenters. The van der Waals surface area contributed by atoms with Crippen LogP contribution in [0.4, 0.5) is 0 Å². The molecule has 0 spiro atoms. The van der Waals surface area contributed by atoms with Gasteiger partial charge in [-0.05, 0) is 32.1 Å². The van der Waals surface area contributed by atoms with Gasteiger partial charge in [-0.2, -0.15) is 0 Å². The lowest BCUT2D eigenvalue weighted by Gasteiger charge is -2.17. The average molecular weight is 381 g/mol. The highest BCUT2D eigenvalue weighted by atomic mass is 16.5. The zero-order valence-corrected chi connectivity index (χ0v) is 16.1. The van der Waals surface area contributed by atoms with Crippen molar-refractivity contribution in [1.82, 2.24) is 19.9 Å². The summed E-state index contributed by atoms with van der Waals surface area (Å²) in [5.41, 5.74) is 3.90. The molecule has 2 bridgehead atoms. The summed E-state index contributed by atoms with van der Waals surface area (Å²) in [6.07, 6.45) is 3.47. The van der Waals surface area contributed by atoms with Crippen molar-refractivity contribution in [3.05, 3.63) is 56.3 Å². The summed E-state index contributed by atoms with van der Waals surface area (Å²) in [6, 6.07) is 3.59. The minimum Gasteiger partial charge on any atom is -0.377 e. The SMILES string of the molecule is Cc1cc2c([nH]1)/C=c1/c3cc([nH]cc-3[nH]c1=O)=NC(C)COCCN(C)C2=O. The van der Waals surface area contributed by atoms with Gasteiger partial charge in [0, 0.05) is 31.0 Å². The maximum Gasteiger partial charge on any atom is 0.256 e. The molecule has 1 aromatic rings. The first-order chi connectivity index (χ1) is 13.4. The van der Waals surface area contributed by atoms with E-state index in [0.717, 1.165) is 11.3 Å². The van der Waals surface area contributed by atoms with Crippen LogP contribution in [0, 0.1) is 6.92 Å². The van der Waals surface area contributed by atoms with Crippen molar-refractivity contribution in [2.45, 2.75) is 19.9 Å². The zero-order valence-electron chi connectivity index (χ0n) is 16.1. The van der Waals surface area contributed by atoms with Gasteiger partial charge in [-0.25, -0.2) is 0 Å². The molecule has 3 N–H and O–H groups in total. The normalized spacial score (nSPS) is 19.5. The van der Waals surface area contributed by atoms with Gasteiger partial charge in [-0.15, -0.1) is 0 Å². The van der Waals surface area contributed by atoms with Crippen molar-refractivity contribution in [3.8, 4) is 11.3 Å². The van der Waals surface area contributed by atoms with Gasteiger partial charge in [0.15, 0.2) is 0 Å². The third kappa shape index (κ3) is 3.38. The van der Waals surface area contributed by atoms with Crippen LogP contribution in [0.25, 0.3) is 17.3 Å². The van der Waals surface area contributed by atoms with Gasteiger partial charge in [0.1, 0.15) is 5.49 Å². The van der Waals surface area contributed by atoms with E-state index >= 15 is 0 Å². The fourth-order valence-corrected chi connectivity index (χ4v) is 3.42. The van der Waals surface area contributed by atoms with E-state index in [1.165, 1.54) is 0 Å². The molecule has 0 fully saturated rings. The molecule has 1 aromatic heterocycles. The highest BCUT2D eigenvalue weighted by molar-refractivity contribution is 5.97. The molecule has 0 aliphatic carbocycles. The number of nitrogens with one attached hydrogen (secondary N) is 3. The van der Waals surface area contributed by atoms with Crippen molar-refractivity contribution >= 4 is 12.0 Å². The van der Waals surface area contributed by atoms with Crippen LogP contribution in [-0.2, 0) is 4.74 Å². The summed E-state index contributed by atoms with van der Waals surface area (Å²) >= 11 is 0. The third-order valence-corrected chi connectivity index (χ3v) is 4.86.